The standard InChI is InChI=1S/C65H77N5.Zn/c1-5-8-11-14-15-16-17-21-26-54-57-39-41-59(66-57)55(37-33-50-29-27-49(4)28-30-50)61-43-45-63(68-61)65(52-24-19-18-20-25-52)64-46-44-62(69-64)56(60-42-40-58(54)67-60)38-34-51-31-35-53(36-32-51)70(47-22-12-9-6-2)48-23-13-10-7-3;/h27-32,35-36,39-46,52H,5-26,47-48H2,1-4H3;/q-2;+2. The number of fused-ring (bicyclic) bond motifs is 8. The molecule has 0 amide bonds. The number of anilines is 1. The number of hydrogen-bond donors (Lipinski definition) is 0. The fourth-order valence-electron chi connectivity index (χ4n) is 10.4. The zero-order valence-electron chi connectivity index (χ0n) is 43.7. The molecule has 5 aromatic rings. The van der Waals surface area contributed by atoms with Gasteiger partial charge in [0.05, 0.1) is 22.8 Å². The minimum atomic E-state index is 0. The van der Waals surface area contributed by atoms with E-state index in [0.29, 0.717) is 5.92 Å². The van der Waals surface area contributed by atoms with E-state index in [1.807, 2.05) is 0 Å². The summed E-state index contributed by atoms with van der Waals surface area (Å²) < 4.78 is 0. The van der Waals surface area contributed by atoms with Crippen LogP contribution in [-0.2, 0) is 25.9 Å². The van der Waals surface area contributed by atoms with Crippen molar-refractivity contribution >= 4 is 52.1 Å². The van der Waals surface area contributed by atoms with Gasteiger partial charge in [-0.3, -0.25) is 0 Å². The van der Waals surface area contributed by atoms with Gasteiger partial charge in [-0.1, -0.05) is 189 Å². The summed E-state index contributed by atoms with van der Waals surface area (Å²) in [4.78, 5) is 24.4. The Morgan fingerprint density at radius 3 is 1.54 bits per heavy atom. The maximum Gasteiger partial charge on any atom is 2.00 e. The third-order valence-corrected chi connectivity index (χ3v) is 14.6. The molecule has 1 aliphatic carbocycles. The first-order chi connectivity index (χ1) is 34.5. The fourth-order valence-corrected chi connectivity index (χ4v) is 10.4. The van der Waals surface area contributed by atoms with Gasteiger partial charge in [0, 0.05) is 41.0 Å². The van der Waals surface area contributed by atoms with Crippen LogP contribution in [-0.4, -0.2) is 23.1 Å². The molecule has 8 bridgehead atoms. The molecule has 0 atom stereocenters. The molecular weight excluding hydrogens is 916 g/mol. The van der Waals surface area contributed by atoms with Crippen LogP contribution in [0.3, 0.4) is 0 Å². The summed E-state index contributed by atoms with van der Waals surface area (Å²) in [7, 11) is 0. The molecule has 71 heavy (non-hydrogen) atoms. The fraction of sp³-hybridized carbons (Fsp3) is 0.446. The van der Waals surface area contributed by atoms with Gasteiger partial charge in [-0.05, 0) is 123 Å². The van der Waals surface area contributed by atoms with Gasteiger partial charge in [0.15, 0.2) is 0 Å². The van der Waals surface area contributed by atoms with Crippen molar-refractivity contribution < 1.29 is 19.5 Å². The van der Waals surface area contributed by atoms with E-state index in [2.05, 4.69) is 153 Å². The molecule has 0 N–H and O–H groups in total. The Bertz CT molecular complexity index is 2830. The number of nitrogens with zero attached hydrogens (tertiary/aromatic N) is 5. The molecule has 1 saturated carbocycles. The maximum absolute atomic E-state index is 5.49. The van der Waals surface area contributed by atoms with Crippen molar-refractivity contribution in [2.24, 2.45) is 0 Å². The summed E-state index contributed by atoms with van der Waals surface area (Å²) in [6.45, 7) is 11.2. The van der Waals surface area contributed by atoms with Crippen molar-refractivity contribution in [1.29, 1.82) is 0 Å². The Labute approximate surface area is 440 Å². The third kappa shape index (κ3) is 14.8. The van der Waals surface area contributed by atoms with E-state index >= 15 is 0 Å². The summed E-state index contributed by atoms with van der Waals surface area (Å²) >= 11 is 0. The first-order valence-corrected chi connectivity index (χ1v) is 27.5. The second-order valence-electron chi connectivity index (χ2n) is 20.1. The second kappa shape index (κ2) is 28.0. The number of unbranched alkanes of at least 4 members (excludes halogenated alkanes) is 13. The average Bonchev–Trinajstić information content (AvgIpc) is 4.25. The van der Waals surface area contributed by atoms with Crippen molar-refractivity contribution in [3.63, 3.8) is 0 Å². The van der Waals surface area contributed by atoms with E-state index in [-0.39, 0.29) is 19.5 Å². The van der Waals surface area contributed by atoms with Gasteiger partial charge < -0.3 is 14.9 Å². The molecule has 0 unspecified atom stereocenters. The number of aryl methyl sites for hydroxylation is 2. The van der Waals surface area contributed by atoms with Crippen molar-refractivity contribution in [1.82, 2.24) is 19.9 Å². The van der Waals surface area contributed by atoms with Crippen LogP contribution in [0.2, 0.25) is 0 Å². The van der Waals surface area contributed by atoms with Gasteiger partial charge in [0.2, 0.25) is 0 Å². The number of benzene rings is 2. The third-order valence-electron chi connectivity index (χ3n) is 14.6. The van der Waals surface area contributed by atoms with Crippen molar-refractivity contribution in [2.45, 2.75) is 175 Å². The zero-order chi connectivity index (χ0) is 48.3. The van der Waals surface area contributed by atoms with Gasteiger partial charge >= 0.3 is 19.5 Å². The van der Waals surface area contributed by atoms with Crippen LogP contribution in [0.15, 0.2) is 72.8 Å². The summed E-state index contributed by atoms with van der Waals surface area (Å²) in [6, 6.07) is 26.1. The zero-order valence-corrected chi connectivity index (χ0v) is 46.7. The van der Waals surface area contributed by atoms with Gasteiger partial charge in [-0.25, -0.2) is 9.97 Å². The molecule has 2 aliphatic heterocycles. The number of aromatic nitrogens is 4. The molecule has 0 saturated heterocycles. The van der Waals surface area contributed by atoms with Gasteiger partial charge in [0.1, 0.15) is 0 Å². The maximum atomic E-state index is 5.49. The molecule has 2 aromatic carbocycles. The smallest absolute Gasteiger partial charge is 0.656 e. The number of hydrogen-bond acceptors (Lipinski definition) is 3. The molecule has 1 fully saturated rings. The Balaban J connectivity index is 0.00000741. The second-order valence-corrected chi connectivity index (χ2v) is 20.1. The minimum Gasteiger partial charge on any atom is -0.656 e. The van der Waals surface area contributed by atoms with Gasteiger partial charge in [0.25, 0.3) is 0 Å². The van der Waals surface area contributed by atoms with Crippen molar-refractivity contribution in [3.8, 4) is 23.7 Å². The Morgan fingerprint density at radius 1 is 0.479 bits per heavy atom. The van der Waals surface area contributed by atoms with Crippen molar-refractivity contribution in [3.05, 3.63) is 135 Å². The Kier molecular flexibility index (Phi) is 21.0. The normalized spacial score (nSPS) is 13.1. The summed E-state index contributed by atoms with van der Waals surface area (Å²) in [6.07, 6.45) is 35.8. The molecule has 0 radical (unpaired) electrons. The van der Waals surface area contributed by atoms with Crippen LogP contribution < -0.4 is 14.9 Å². The van der Waals surface area contributed by atoms with Crippen LogP contribution in [0, 0.1) is 30.6 Å². The average molecular weight is 994 g/mol. The Morgan fingerprint density at radius 2 is 0.944 bits per heavy atom. The van der Waals surface area contributed by atoms with Crippen molar-refractivity contribution in [2.75, 3.05) is 18.0 Å². The quantitative estimate of drug-likeness (QED) is 0.0408. The Hall–Kier alpha value is -5.42. The van der Waals surface area contributed by atoms with E-state index in [9.17, 15) is 0 Å². The summed E-state index contributed by atoms with van der Waals surface area (Å²) in [5.41, 5.74) is 15.9. The monoisotopic (exact) mass is 992 g/mol. The SMILES string of the molecule is CCCCCCCCCCc1c2nc(c(C#Cc3ccc(C)cc3)c3ccc([n-]3)c(C3CCCCC3)c3nc(c(C#Cc4ccc(N(CCCCCC)CCCCCC)cc4)c4ccc1[n-]4)C=C3)C=C2.[Zn+2]. The van der Waals surface area contributed by atoms with E-state index in [1.54, 1.807) is 0 Å². The summed E-state index contributed by atoms with van der Waals surface area (Å²) in [5.74, 6) is 14.7. The predicted octanol–water partition coefficient (Wildman–Crippen LogP) is 16.7. The number of rotatable bonds is 21. The van der Waals surface area contributed by atoms with Crippen LogP contribution >= 0.6 is 0 Å². The molecule has 6 heteroatoms. The molecule has 0 spiro atoms. The van der Waals surface area contributed by atoms with Gasteiger partial charge in [-0.15, -0.1) is 22.1 Å². The van der Waals surface area contributed by atoms with E-state index in [4.69, 9.17) is 19.9 Å². The van der Waals surface area contributed by atoms with E-state index in [1.165, 1.54) is 138 Å². The molecule has 5 heterocycles. The first kappa shape index (κ1) is 53.4. The van der Waals surface area contributed by atoms with Crippen LogP contribution in [0.5, 0.6) is 0 Å². The topological polar surface area (TPSA) is 57.2 Å². The molecule has 3 aromatic heterocycles. The predicted molar refractivity (Wildman–Crippen MR) is 299 cm³/mol. The van der Waals surface area contributed by atoms with Crippen LogP contribution in [0.4, 0.5) is 5.69 Å². The van der Waals surface area contributed by atoms with Gasteiger partial charge in [-0.2, -0.15) is 0 Å². The first-order valence-electron chi connectivity index (χ1n) is 27.5. The van der Waals surface area contributed by atoms with Crippen LogP contribution in [0.25, 0.3) is 46.4 Å². The molecule has 3 aliphatic rings. The minimum absolute atomic E-state index is 0. The van der Waals surface area contributed by atoms with E-state index in [0.717, 1.165) is 106 Å². The van der Waals surface area contributed by atoms with Crippen LogP contribution in [0.1, 0.15) is 223 Å². The summed E-state index contributed by atoms with van der Waals surface area (Å²) in [5, 5.41) is 0. The molecular formula is C65H77N5Zn. The largest absolute Gasteiger partial charge is 2.00 e. The van der Waals surface area contributed by atoms with E-state index < -0.39 is 0 Å². The molecule has 8 rings (SSSR count). The molecule has 364 valence electrons. The molecule has 5 nitrogen and oxygen atoms in total.